The van der Waals surface area contributed by atoms with Crippen molar-refractivity contribution in [3.8, 4) is 22.3 Å². The lowest BCUT2D eigenvalue weighted by Gasteiger charge is -2.29. The highest BCUT2D eigenvalue weighted by Gasteiger charge is 2.38. The molecule has 2 aliphatic rings. The minimum atomic E-state index is -0.188. The molecule has 0 saturated heterocycles. The van der Waals surface area contributed by atoms with Crippen molar-refractivity contribution < 1.29 is 0 Å². The summed E-state index contributed by atoms with van der Waals surface area (Å²) in [4.78, 5) is 4.84. The second-order valence-electron chi connectivity index (χ2n) is 26.0. The first-order valence-corrected chi connectivity index (χ1v) is 29.2. The highest BCUT2D eigenvalue weighted by atomic mass is 15.1. The van der Waals surface area contributed by atoms with Crippen LogP contribution in [-0.2, 0) is 21.7 Å². The second-order valence-corrected chi connectivity index (χ2v) is 26.0. The molecule has 11 aromatic rings. The molecular weight excluding hydrogens is 989 g/mol. The first-order chi connectivity index (χ1) is 39.4. The van der Waals surface area contributed by atoms with Crippen LogP contribution in [0.4, 0.5) is 34.1 Å². The van der Waals surface area contributed by atoms with Crippen molar-refractivity contribution >= 4 is 80.0 Å². The van der Waals surface area contributed by atoms with Gasteiger partial charge in [-0.2, -0.15) is 0 Å². The van der Waals surface area contributed by atoms with Gasteiger partial charge in [0, 0.05) is 45.0 Å². The lowest BCUT2D eigenvalue weighted by atomic mass is 9.81. The molecule has 0 radical (unpaired) electrons. The molecule has 0 atom stereocenters. The van der Waals surface area contributed by atoms with E-state index >= 15 is 0 Å². The van der Waals surface area contributed by atoms with Gasteiger partial charge in [0.05, 0.1) is 0 Å². The van der Waals surface area contributed by atoms with Crippen LogP contribution >= 0.6 is 0 Å². The molecule has 0 saturated carbocycles. The SMILES string of the molecule is CC(C)(C)c1ccc(N(c2ccc3c(c2)C(C)(C)c2cc(C=Cc4ccc(C=Cc5ccc6c(c5)C(C)(C)c5cc(N(c7ccc(C(C)(C)C)cc7)c7ccc8ccccc8c7)ccc5-6)cc4)ccc2-3)c2ccc3ccccc3c2)cc1. The first kappa shape index (κ1) is 52.4. The predicted octanol–water partition coefficient (Wildman–Crippen LogP) is 22.5. The van der Waals surface area contributed by atoms with E-state index in [0.29, 0.717) is 0 Å². The van der Waals surface area contributed by atoms with Crippen LogP contribution in [0.15, 0.2) is 231 Å². The molecule has 0 amide bonds. The van der Waals surface area contributed by atoms with E-state index in [1.165, 1.54) is 99.4 Å². The molecule has 2 nitrogen and oxygen atoms in total. The number of rotatable bonds is 10. The van der Waals surface area contributed by atoms with Gasteiger partial charge in [-0.25, -0.2) is 0 Å². The Bertz CT molecular complexity index is 4040. The van der Waals surface area contributed by atoms with Crippen molar-refractivity contribution in [1.82, 2.24) is 0 Å². The molecule has 0 heterocycles. The molecule has 2 aliphatic carbocycles. The van der Waals surface area contributed by atoms with Crippen molar-refractivity contribution in [2.24, 2.45) is 0 Å². The molecule has 0 unspecified atom stereocenters. The zero-order chi connectivity index (χ0) is 56.7. The van der Waals surface area contributed by atoms with Crippen molar-refractivity contribution in [3.63, 3.8) is 0 Å². The molecule has 0 aliphatic heterocycles. The number of fused-ring (bicyclic) bond motifs is 8. The average molecular weight is 1060 g/mol. The van der Waals surface area contributed by atoms with Crippen molar-refractivity contribution in [2.75, 3.05) is 9.80 Å². The van der Waals surface area contributed by atoms with E-state index in [4.69, 9.17) is 0 Å². The predicted molar refractivity (Wildman–Crippen MR) is 354 cm³/mol. The summed E-state index contributed by atoms with van der Waals surface area (Å²) in [6.45, 7) is 23.2. The Morgan fingerprint density at radius 1 is 0.268 bits per heavy atom. The molecule has 2 heteroatoms. The maximum absolute atomic E-state index is 2.43. The molecule has 0 N–H and O–H groups in total. The smallest absolute Gasteiger partial charge is 0.0468 e. The van der Waals surface area contributed by atoms with E-state index < -0.39 is 0 Å². The van der Waals surface area contributed by atoms with E-state index in [0.717, 1.165) is 34.1 Å². The van der Waals surface area contributed by atoms with Gasteiger partial charge in [0.1, 0.15) is 0 Å². The van der Waals surface area contributed by atoms with Gasteiger partial charge in [0.2, 0.25) is 0 Å². The van der Waals surface area contributed by atoms with Crippen LogP contribution in [0, 0.1) is 0 Å². The molecule has 82 heavy (non-hydrogen) atoms. The van der Waals surface area contributed by atoms with E-state index in [2.05, 4.69) is 334 Å². The number of nitrogens with zero attached hydrogens (tertiary/aromatic N) is 2. The van der Waals surface area contributed by atoms with Crippen molar-refractivity contribution in [2.45, 2.75) is 90.9 Å². The fourth-order valence-corrected chi connectivity index (χ4v) is 12.8. The first-order valence-electron chi connectivity index (χ1n) is 29.2. The summed E-state index contributed by atoms with van der Waals surface area (Å²) in [5.41, 5.74) is 24.8. The Morgan fingerprint density at radius 2 is 0.549 bits per heavy atom. The summed E-state index contributed by atoms with van der Waals surface area (Å²) in [5.74, 6) is 0. The van der Waals surface area contributed by atoms with Gasteiger partial charge in [-0.15, -0.1) is 0 Å². The quantitative estimate of drug-likeness (QED) is 0.126. The van der Waals surface area contributed by atoms with Gasteiger partial charge < -0.3 is 9.80 Å². The van der Waals surface area contributed by atoms with Crippen molar-refractivity contribution in [1.29, 1.82) is 0 Å². The summed E-state index contributed by atoms with van der Waals surface area (Å²) in [7, 11) is 0. The van der Waals surface area contributed by atoms with Crippen LogP contribution in [0.5, 0.6) is 0 Å². The van der Waals surface area contributed by atoms with E-state index in [9.17, 15) is 0 Å². The Balaban J connectivity index is 0.723. The standard InChI is InChI=1S/C80H72N2/c1-77(2,3)61-31-37-63(38-32-61)81(65-35-29-57-15-11-13-17-59(57)49-65)67-41-45-71-69-43-27-55(47-73(69)79(7,8)75(71)51-67)25-23-53-19-21-54(22-20-53)24-26-56-28-44-70-72-46-42-68(52-76(72)80(9,10)74(70)48-56)82(64-39-33-62(34-40-64)78(4,5)6)66-36-30-58-16-12-14-18-60(58)50-66/h11-52H,1-10H3. The molecule has 0 aromatic heterocycles. The van der Waals surface area contributed by atoms with Gasteiger partial charge in [-0.1, -0.05) is 251 Å². The number of hydrogen-bond acceptors (Lipinski definition) is 2. The lowest BCUT2D eigenvalue weighted by molar-refractivity contribution is 0.590. The Labute approximate surface area is 486 Å². The van der Waals surface area contributed by atoms with Gasteiger partial charge in [0.25, 0.3) is 0 Å². The number of hydrogen-bond donors (Lipinski definition) is 0. The Kier molecular flexibility index (Phi) is 12.7. The summed E-state index contributed by atoms with van der Waals surface area (Å²) in [6, 6.07) is 86.3. The topological polar surface area (TPSA) is 6.48 Å². The highest BCUT2D eigenvalue weighted by Crippen LogP contribution is 2.53. The van der Waals surface area contributed by atoms with Crippen LogP contribution in [0.3, 0.4) is 0 Å². The van der Waals surface area contributed by atoms with Gasteiger partial charge in [-0.3, -0.25) is 0 Å². The molecule has 11 aromatic carbocycles. The summed E-state index contributed by atoms with van der Waals surface area (Å²) in [5, 5.41) is 4.95. The average Bonchev–Trinajstić information content (AvgIpc) is 4.10. The van der Waals surface area contributed by atoms with E-state index in [-0.39, 0.29) is 21.7 Å². The highest BCUT2D eigenvalue weighted by molar-refractivity contribution is 5.93. The molecular formula is C80H72N2. The minimum Gasteiger partial charge on any atom is -0.310 e. The monoisotopic (exact) mass is 1060 g/mol. The zero-order valence-corrected chi connectivity index (χ0v) is 49.1. The van der Waals surface area contributed by atoms with Gasteiger partial charge in [-0.05, 0) is 183 Å². The van der Waals surface area contributed by atoms with Gasteiger partial charge in [0.15, 0.2) is 0 Å². The van der Waals surface area contributed by atoms with Gasteiger partial charge >= 0.3 is 0 Å². The summed E-state index contributed by atoms with van der Waals surface area (Å²) < 4.78 is 0. The molecule has 0 bridgehead atoms. The lowest BCUT2D eigenvalue weighted by Crippen LogP contribution is -2.17. The maximum atomic E-state index is 2.43. The van der Waals surface area contributed by atoms with Crippen LogP contribution in [0.2, 0.25) is 0 Å². The third-order valence-electron chi connectivity index (χ3n) is 17.7. The maximum Gasteiger partial charge on any atom is 0.0468 e. The largest absolute Gasteiger partial charge is 0.310 e. The van der Waals surface area contributed by atoms with E-state index in [1.807, 2.05) is 0 Å². The fourth-order valence-electron chi connectivity index (χ4n) is 12.8. The third-order valence-corrected chi connectivity index (χ3v) is 17.7. The zero-order valence-electron chi connectivity index (χ0n) is 49.1. The van der Waals surface area contributed by atoms with Crippen LogP contribution in [-0.4, -0.2) is 0 Å². The summed E-state index contributed by atoms with van der Waals surface area (Å²) >= 11 is 0. The minimum absolute atomic E-state index is 0.0732. The molecule has 13 rings (SSSR count). The third kappa shape index (κ3) is 9.54. The second kappa shape index (κ2) is 19.9. The molecule has 0 fully saturated rings. The molecule has 402 valence electrons. The Morgan fingerprint density at radius 3 is 0.915 bits per heavy atom. The fraction of sp³-hybridized carbons (Fsp3) is 0.175. The summed E-state index contributed by atoms with van der Waals surface area (Å²) in [6.07, 6.45) is 9.00. The normalized spacial score (nSPS) is 14.1. The van der Waals surface area contributed by atoms with E-state index in [1.54, 1.807) is 0 Å². The van der Waals surface area contributed by atoms with Crippen LogP contribution in [0.25, 0.3) is 68.1 Å². The van der Waals surface area contributed by atoms with Crippen LogP contribution in [0.1, 0.15) is 125 Å². The number of anilines is 6. The number of benzene rings is 11. The van der Waals surface area contributed by atoms with Crippen molar-refractivity contribution in [3.05, 3.63) is 286 Å². The van der Waals surface area contributed by atoms with Crippen LogP contribution < -0.4 is 9.80 Å². The Hall–Kier alpha value is -8.98. The molecule has 0 spiro atoms.